The van der Waals surface area contributed by atoms with E-state index in [2.05, 4.69) is 0 Å². The Kier molecular flexibility index (Phi) is 2.60. The number of carbonyl (C=O) groups excluding carboxylic acids is 1. The molecule has 0 saturated carbocycles. The molecule has 0 bridgehead atoms. The first-order chi connectivity index (χ1) is 7.26. The summed E-state index contributed by atoms with van der Waals surface area (Å²) in [5.41, 5.74) is 6.45. The van der Waals surface area contributed by atoms with E-state index < -0.39 is 0 Å². The Hall–Kier alpha value is -1.55. The number of hydrogen-bond acceptors (Lipinski definition) is 3. The average Bonchev–Trinajstić information content (AvgIpc) is 2.26. The van der Waals surface area contributed by atoms with Crippen LogP contribution >= 0.6 is 0 Å². The summed E-state index contributed by atoms with van der Waals surface area (Å²) in [6.45, 7) is 0.512. The quantitative estimate of drug-likeness (QED) is 0.743. The minimum atomic E-state index is 0.135. The van der Waals surface area contributed by atoms with E-state index in [9.17, 15) is 4.79 Å². The van der Waals surface area contributed by atoms with Gasteiger partial charge >= 0.3 is 0 Å². The van der Waals surface area contributed by atoms with E-state index in [1.165, 1.54) is 0 Å². The lowest BCUT2D eigenvalue weighted by atomic mass is 10.0. The van der Waals surface area contributed by atoms with Gasteiger partial charge in [-0.25, -0.2) is 0 Å². The lowest BCUT2D eigenvalue weighted by Gasteiger charge is -2.39. The van der Waals surface area contributed by atoms with Crippen molar-refractivity contribution < 1.29 is 9.53 Å². The van der Waals surface area contributed by atoms with Crippen molar-refractivity contribution in [1.29, 1.82) is 0 Å². The SMILES string of the molecule is COc1ccc(N2C(=O)CC2CN)cc1. The number of nitrogens with two attached hydrogens (primary N) is 1. The van der Waals surface area contributed by atoms with Crippen LogP contribution in [0.5, 0.6) is 5.75 Å². The van der Waals surface area contributed by atoms with Crippen LogP contribution in [0.3, 0.4) is 0 Å². The van der Waals surface area contributed by atoms with Crippen LogP contribution in [0.25, 0.3) is 0 Å². The van der Waals surface area contributed by atoms with Crippen molar-refractivity contribution in [1.82, 2.24) is 0 Å². The molecule has 0 aromatic heterocycles. The number of hydrogen-bond donors (Lipinski definition) is 1. The van der Waals surface area contributed by atoms with Crippen molar-refractivity contribution in [2.75, 3.05) is 18.6 Å². The Morgan fingerprint density at radius 2 is 2.13 bits per heavy atom. The number of rotatable bonds is 3. The molecular weight excluding hydrogens is 192 g/mol. The van der Waals surface area contributed by atoms with Crippen molar-refractivity contribution >= 4 is 11.6 Å². The smallest absolute Gasteiger partial charge is 0.229 e. The number of β-lactam (4-membered cyclic amide) rings is 1. The van der Waals surface area contributed by atoms with Gasteiger partial charge in [-0.05, 0) is 24.3 Å². The molecular formula is C11H14N2O2. The van der Waals surface area contributed by atoms with Gasteiger partial charge in [0, 0.05) is 18.7 Å². The third kappa shape index (κ3) is 1.68. The fourth-order valence-electron chi connectivity index (χ4n) is 1.77. The highest BCUT2D eigenvalue weighted by Gasteiger charge is 2.35. The monoisotopic (exact) mass is 206 g/mol. The van der Waals surface area contributed by atoms with Crippen LogP contribution < -0.4 is 15.4 Å². The highest BCUT2D eigenvalue weighted by Crippen LogP contribution is 2.28. The van der Waals surface area contributed by atoms with Crippen LogP contribution in [0.15, 0.2) is 24.3 Å². The topological polar surface area (TPSA) is 55.6 Å². The Bertz CT molecular complexity index is 361. The van der Waals surface area contributed by atoms with E-state index in [0.717, 1.165) is 11.4 Å². The first-order valence-electron chi connectivity index (χ1n) is 4.92. The molecule has 1 aliphatic rings. The average molecular weight is 206 g/mol. The van der Waals surface area contributed by atoms with Crippen molar-refractivity contribution in [3.63, 3.8) is 0 Å². The van der Waals surface area contributed by atoms with Crippen LogP contribution in [0.2, 0.25) is 0 Å². The fourth-order valence-corrected chi connectivity index (χ4v) is 1.77. The second-order valence-electron chi connectivity index (χ2n) is 3.56. The van der Waals surface area contributed by atoms with E-state index in [1.54, 1.807) is 12.0 Å². The van der Waals surface area contributed by atoms with E-state index in [0.29, 0.717) is 13.0 Å². The molecule has 2 N–H and O–H groups in total. The third-order valence-electron chi connectivity index (χ3n) is 2.67. The molecule has 1 atom stereocenters. The molecule has 1 heterocycles. The zero-order valence-corrected chi connectivity index (χ0v) is 8.64. The maximum absolute atomic E-state index is 11.4. The largest absolute Gasteiger partial charge is 0.497 e. The molecule has 15 heavy (non-hydrogen) atoms. The van der Waals surface area contributed by atoms with Gasteiger partial charge < -0.3 is 15.4 Å². The number of amides is 1. The number of carbonyl (C=O) groups is 1. The first kappa shape index (κ1) is 9.98. The predicted molar refractivity (Wildman–Crippen MR) is 57.9 cm³/mol. The summed E-state index contributed by atoms with van der Waals surface area (Å²) < 4.78 is 5.05. The van der Waals surface area contributed by atoms with Gasteiger partial charge in [0.1, 0.15) is 5.75 Å². The van der Waals surface area contributed by atoms with Crippen molar-refractivity contribution in [2.24, 2.45) is 5.73 Å². The predicted octanol–water partition coefficient (Wildman–Crippen LogP) is 0.759. The Morgan fingerprint density at radius 3 is 2.60 bits per heavy atom. The highest BCUT2D eigenvalue weighted by molar-refractivity contribution is 6.00. The van der Waals surface area contributed by atoms with Crippen molar-refractivity contribution in [3.8, 4) is 5.75 Å². The van der Waals surface area contributed by atoms with Gasteiger partial charge in [-0.1, -0.05) is 0 Å². The van der Waals surface area contributed by atoms with Crippen LogP contribution in [-0.2, 0) is 4.79 Å². The molecule has 1 saturated heterocycles. The molecule has 2 rings (SSSR count). The molecule has 80 valence electrons. The Balaban J connectivity index is 2.18. The maximum Gasteiger partial charge on any atom is 0.229 e. The van der Waals surface area contributed by atoms with E-state index in [4.69, 9.17) is 10.5 Å². The summed E-state index contributed by atoms with van der Waals surface area (Å²) >= 11 is 0. The van der Waals surface area contributed by atoms with E-state index in [-0.39, 0.29) is 11.9 Å². The normalized spacial score (nSPS) is 20.0. The zero-order chi connectivity index (χ0) is 10.8. The van der Waals surface area contributed by atoms with Crippen molar-refractivity contribution in [2.45, 2.75) is 12.5 Å². The minimum absolute atomic E-state index is 0.135. The van der Waals surface area contributed by atoms with Crippen molar-refractivity contribution in [3.05, 3.63) is 24.3 Å². The van der Waals surface area contributed by atoms with Gasteiger partial charge in [0.15, 0.2) is 0 Å². The summed E-state index contributed by atoms with van der Waals surface area (Å²) in [6.07, 6.45) is 0.558. The fraction of sp³-hybridized carbons (Fsp3) is 0.364. The molecule has 4 nitrogen and oxygen atoms in total. The second-order valence-corrected chi connectivity index (χ2v) is 3.56. The second kappa shape index (κ2) is 3.90. The molecule has 1 fully saturated rings. The molecule has 1 aliphatic heterocycles. The molecule has 0 spiro atoms. The van der Waals surface area contributed by atoms with Crippen LogP contribution in [0.4, 0.5) is 5.69 Å². The lowest BCUT2D eigenvalue weighted by Crippen LogP contribution is -2.56. The number of anilines is 1. The van der Waals surface area contributed by atoms with Gasteiger partial charge in [0.25, 0.3) is 0 Å². The Labute approximate surface area is 88.6 Å². The van der Waals surface area contributed by atoms with Gasteiger partial charge in [0.2, 0.25) is 5.91 Å². The molecule has 1 amide bonds. The molecule has 1 aromatic rings. The van der Waals surface area contributed by atoms with Crippen LogP contribution in [-0.4, -0.2) is 25.6 Å². The van der Waals surface area contributed by atoms with Crippen LogP contribution in [0, 0.1) is 0 Å². The molecule has 0 radical (unpaired) electrons. The minimum Gasteiger partial charge on any atom is -0.497 e. The number of ether oxygens (including phenoxy) is 1. The third-order valence-corrected chi connectivity index (χ3v) is 2.67. The summed E-state index contributed by atoms with van der Waals surface area (Å²) in [6, 6.07) is 7.59. The number of methoxy groups -OCH3 is 1. The molecule has 1 aromatic carbocycles. The molecule has 4 heteroatoms. The van der Waals surface area contributed by atoms with Crippen LogP contribution in [0.1, 0.15) is 6.42 Å². The maximum atomic E-state index is 11.4. The standard InChI is InChI=1S/C11H14N2O2/c1-15-10-4-2-8(3-5-10)13-9(7-12)6-11(13)14/h2-5,9H,6-7,12H2,1H3. The molecule has 1 unspecified atom stereocenters. The van der Waals surface area contributed by atoms with Gasteiger partial charge in [-0.3, -0.25) is 4.79 Å². The summed E-state index contributed by atoms with van der Waals surface area (Å²) in [4.78, 5) is 13.1. The lowest BCUT2D eigenvalue weighted by molar-refractivity contribution is -0.123. The Morgan fingerprint density at radius 1 is 1.47 bits per heavy atom. The summed E-state index contributed by atoms with van der Waals surface area (Å²) in [7, 11) is 1.62. The summed E-state index contributed by atoms with van der Waals surface area (Å²) in [5, 5.41) is 0. The molecule has 0 aliphatic carbocycles. The van der Waals surface area contributed by atoms with Gasteiger partial charge in [0.05, 0.1) is 13.2 Å². The van der Waals surface area contributed by atoms with Gasteiger partial charge in [-0.2, -0.15) is 0 Å². The number of nitrogens with zero attached hydrogens (tertiary/aromatic N) is 1. The van der Waals surface area contributed by atoms with E-state index >= 15 is 0 Å². The zero-order valence-electron chi connectivity index (χ0n) is 8.64. The number of benzene rings is 1. The highest BCUT2D eigenvalue weighted by atomic mass is 16.5. The first-order valence-corrected chi connectivity index (χ1v) is 4.92. The van der Waals surface area contributed by atoms with E-state index in [1.807, 2.05) is 24.3 Å². The van der Waals surface area contributed by atoms with Gasteiger partial charge in [-0.15, -0.1) is 0 Å². The summed E-state index contributed by atoms with van der Waals surface area (Å²) in [5.74, 6) is 0.923.